The zero-order valence-electron chi connectivity index (χ0n) is 15.5. The van der Waals surface area contributed by atoms with Gasteiger partial charge in [-0.25, -0.2) is 4.79 Å². The molecule has 3 heteroatoms. The second kappa shape index (κ2) is 6.16. The van der Waals surface area contributed by atoms with Crippen LogP contribution in [0, 0.1) is 0 Å². The number of hydrogen-bond acceptors (Lipinski definition) is 3. The van der Waals surface area contributed by atoms with E-state index in [1.165, 1.54) is 23.8 Å². The maximum Gasteiger partial charge on any atom is 0.337 e. The molecule has 130 valence electrons. The number of carbonyl (C=O) groups excluding carboxylic acids is 1. The van der Waals surface area contributed by atoms with E-state index in [0.29, 0.717) is 5.56 Å². The minimum atomic E-state index is -0.313. The van der Waals surface area contributed by atoms with Crippen LogP contribution in [0.15, 0.2) is 42.5 Å². The van der Waals surface area contributed by atoms with Gasteiger partial charge in [0.25, 0.3) is 0 Å². The third kappa shape index (κ3) is 3.38. The molecule has 1 aliphatic heterocycles. The molecule has 0 aliphatic carbocycles. The monoisotopic (exact) mass is 335 g/mol. The van der Waals surface area contributed by atoms with Gasteiger partial charge in [0.15, 0.2) is 0 Å². The molecule has 0 unspecified atom stereocenters. The second-order valence-electron chi connectivity index (χ2n) is 7.63. The first-order valence-corrected chi connectivity index (χ1v) is 8.54. The summed E-state index contributed by atoms with van der Waals surface area (Å²) >= 11 is 0. The lowest BCUT2D eigenvalue weighted by molar-refractivity contribution is 0.0600. The van der Waals surface area contributed by atoms with Gasteiger partial charge in [0.2, 0.25) is 0 Å². The Bertz CT molecular complexity index is 830. The quantitative estimate of drug-likeness (QED) is 0.652. The molecule has 3 nitrogen and oxygen atoms in total. The van der Waals surface area contributed by atoms with Gasteiger partial charge in [-0.3, -0.25) is 5.32 Å². The molecule has 2 aromatic rings. The van der Waals surface area contributed by atoms with Gasteiger partial charge in [0.1, 0.15) is 0 Å². The number of nitrogens with one attached hydrogen (secondary N) is 1. The molecular formula is C22H25NO2. The highest BCUT2D eigenvalue weighted by Gasteiger charge is 2.40. The summed E-state index contributed by atoms with van der Waals surface area (Å²) in [5.41, 5.74) is 5.44. The predicted octanol–water partition coefficient (Wildman–Crippen LogP) is 4.72. The van der Waals surface area contributed by atoms with Crippen molar-refractivity contribution in [2.24, 2.45) is 0 Å². The van der Waals surface area contributed by atoms with E-state index >= 15 is 0 Å². The van der Waals surface area contributed by atoms with Gasteiger partial charge in [0, 0.05) is 11.1 Å². The van der Waals surface area contributed by atoms with Crippen molar-refractivity contribution in [1.29, 1.82) is 0 Å². The van der Waals surface area contributed by atoms with E-state index in [1.54, 1.807) is 12.1 Å². The lowest BCUT2D eigenvalue weighted by Crippen LogP contribution is -2.39. The fourth-order valence-electron chi connectivity index (χ4n) is 3.68. The summed E-state index contributed by atoms with van der Waals surface area (Å²) in [6, 6.07) is 14.0. The number of rotatable bonds is 3. The Balaban J connectivity index is 1.85. The van der Waals surface area contributed by atoms with Gasteiger partial charge in [-0.2, -0.15) is 0 Å². The Hall–Kier alpha value is -2.39. The Morgan fingerprint density at radius 2 is 1.44 bits per heavy atom. The number of methoxy groups -OCH3 is 1. The number of benzene rings is 2. The van der Waals surface area contributed by atoms with Crippen molar-refractivity contribution < 1.29 is 9.53 Å². The highest BCUT2D eigenvalue weighted by Crippen LogP contribution is 2.41. The zero-order chi connectivity index (χ0) is 18.2. The molecule has 0 spiro atoms. The molecule has 1 N–H and O–H groups in total. The van der Waals surface area contributed by atoms with Gasteiger partial charge in [0.05, 0.1) is 12.7 Å². The average molecular weight is 335 g/mol. The Morgan fingerprint density at radius 1 is 0.880 bits per heavy atom. The molecule has 0 radical (unpaired) electrons. The summed E-state index contributed by atoms with van der Waals surface area (Å²) in [4.78, 5) is 11.5. The van der Waals surface area contributed by atoms with Crippen LogP contribution in [0.1, 0.15) is 60.3 Å². The van der Waals surface area contributed by atoms with Gasteiger partial charge < -0.3 is 4.74 Å². The molecule has 0 amide bonds. The van der Waals surface area contributed by atoms with Gasteiger partial charge in [-0.1, -0.05) is 36.4 Å². The maximum atomic E-state index is 11.5. The van der Waals surface area contributed by atoms with Crippen LogP contribution in [-0.4, -0.2) is 13.1 Å². The standard InChI is InChI=1S/C22H25NO2/c1-21(2)18-13-10-16(14-19(18)22(3,4)23-21)7-6-15-8-11-17(12-9-15)20(24)25-5/h6-14,23H,1-5H3/b7-6+. The third-order valence-corrected chi connectivity index (χ3v) is 4.82. The molecule has 1 aliphatic rings. The van der Waals surface area contributed by atoms with Crippen molar-refractivity contribution in [2.45, 2.75) is 38.8 Å². The number of carbonyl (C=O) groups is 1. The van der Waals surface area contributed by atoms with Crippen molar-refractivity contribution in [1.82, 2.24) is 5.32 Å². The van der Waals surface area contributed by atoms with Crippen molar-refractivity contribution in [3.63, 3.8) is 0 Å². The second-order valence-corrected chi connectivity index (χ2v) is 7.63. The van der Waals surface area contributed by atoms with E-state index in [0.717, 1.165) is 5.56 Å². The number of hydrogen-bond donors (Lipinski definition) is 1. The highest BCUT2D eigenvalue weighted by molar-refractivity contribution is 5.89. The summed E-state index contributed by atoms with van der Waals surface area (Å²) in [5, 5.41) is 3.69. The molecular weight excluding hydrogens is 310 g/mol. The first-order chi connectivity index (χ1) is 11.7. The van der Waals surface area contributed by atoms with E-state index in [-0.39, 0.29) is 17.0 Å². The average Bonchev–Trinajstić information content (AvgIpc) is 2.77. The normalized spacial score (nSPS) is 17.5. The molecule has 0 atom stereocenters. The van der Waals surface area contributed by atoms with Gasteiger partial charge in [-0.05, 0) is 68.1 Å². The van der Waals surface area contributed by atoms with Gasteiger partial charge >= 0.3 is 5.97 Å². The molecule has 2 aromatic carbocycles. The van der Waals surface area contributed by atoms with Crippen LogP contribution in [0.3, 0.4) is 0 Å². The van der Waals surface area contributed by atoms with Crippen molar-refractivity contribution in [3.05, 3.63) is 70.3 Å². The smallest absolute Gasteiger partial charge is 0.337 e. The van der Waals surface area contributed by atoms with Crippen molar-refractivity contribution >= 4 is 18.1 Å². The Morgan fingerprint density at radius 3 is 2.08 bits per heavy atom. The molecule has 0 saturated heterocycles. The van der Waals surface area contributed by atoms with Crippen LogP contribution in [0.4, 0.5) is 0 Å². The predicted molar refractivity (Wildman–Crippen MR) is 102 cm³/mol. The summed E-state index contributed by atoms with van der Waals surface area (Å²) in [6.45, 7) is 8.89. The van der Waals surface area contributed by atoms with Crippen molar-refractivity contribution in [3.8, 4) is 0 Å². The summed E-state index contributed by atoms with van der Waals surface area (Å²) < 4.78 is 4.72. The number of esters is 1. The lowest BCUT2D eigenvalue weighted by Gasteiger charge is -2.25. The molecule has 1 heterocycles. The summed E-state index contributed by atoms with van der Waals surface area (Å²) in [6.07, 6.45) is 4.16. The Kier molecular flexibility index (Phi) is 4.29. The Labute approximate surface area is 149 Å². The van der Waals surface area contributed by atoms with E-state index in [9.17, 15) is 4.79 Å². The molecule has 3 rings (SSSR count). The van der Waals surface area contributed by atoms with Crippen molar-refractivity contribution in [2.75, 3.05) is 7.11 Å². The molecule has 25 heavy (non-hydrogen) atoms. The van der Waals surface area contributed by atoms with Crippen LogP contribution < -0.4 is 5.32 Å². The van der Waals surface area contributed by atoms with Crippen LogP contribution in [-0.2, 0) is 15.8 Å². The summed E-state index contributed by atoms with van der Waals surface area (Å²) in [7, 11) is 1.39. The zero-order valence-corrected chi connectivity index (χ0v) is 15.5. The SMILES string of the molecule is COC(=O)c1ccc(/C=C/c2ccc3c(c2)C(C)(C)NC3(C)C)cc1. The number of ether oxygens (including phenoxy) is 1. The molecule has 0 aromatic heterocycles. The largest absolute Gasteiger partial charge is 0.465 e. The van der Waals surface area contributed by atoms with E-state index in [4.69, 9.17) is 4.74 Å². The highest BCUT2D eigenvalue weighted by atomic mass is 16.5. The topological polar surface area (TPSA) is 38.3 Å². The minimum Gasteiger partial charge on any atom is -0.465 e. The fourth-order valence-corrected chi connectivity index (χ4v) is 3.68. The van der Waals surface area contributed by atoms with Crippen LogP contribution in [0.25, 0.3) is 12.2 Å². The molecule has 0 fully saturated rings. The minimum absolute atomic E-state index is 0.00913. The van der Waals surface area contributed by atoms with E-state index in [2.05, 4.69) is 63.4 Å². The van der Waals surface area contributed by atoms with Gasteiger partial charge in [-0.15, -0.1) is 0 Å². The third-order valence-electron chi connectivity index (χ3n) is 4.82. The molecule has 0 saturated carbocycles. The maximum absolute atomic E-state index is 11.5. The number of fused-ring (bicyclic) bond motifs is 1. The summed E-state index contributed by atoms with van der Waals surface area (Å²) in [5.74, 6) is -0.313. The fraction of sp³-hybridized carbons (Fsp3) is 0.318. The van der Waals surface area contributed by atoms with Crippen LogP contribution >= 0.6 is 0 Å². The van der Waals surface area contributed by atoms with Crippen LogP contribution in [0.5, 0.6) is 0 Å². The first kappa shape index (κ1) is 17.4. The lowest BCUT2D eigenvalue weighted by atomic mass is 9.89. The molecule has 0 bridgehead atoms. The van der Waals surface area contributed by atoms with E-state index < -0.39 is 0 Å². The van der Waals surface area contributed by atoms with Crippen LogP contribution in [0.2, 0.25) is 0 Å². The van der Waals surface area contributed by atoms with E-state index in [1.807, 2.05) is 12.1 Å². The first-order valence-electron chi connectivity index (χ1n) is 8.54.